The molecule has 0 spiro atoms. The van der Waals surface area contributed by atoms with Crippen LogP contribution in [0.5, 0.6) is 0 Å². The Morgan fingerprint density at radius 2 is 1.81 bits per heavy atom. The molecule has 82 valence electrons. The molecular weight excluding hydrogens is 204 g/mol. The predicted molar refractivity (Wildman–Crippen MR) is 61.1 cm³/mol. The van der Waals surface area contributed by atoms with Crippen molar-refractivity contribution in [3.63, 3.8) is 0 Å². The van der Waals surface area contributed by atoms with Gasteiger partial charge in [0.05, 0.1) is 11.4 Å². The molecule has 0 aliphatic carbocycles. The van der Waals surface area contributed by atoms with E-state index >= 15 is 0 Å². The summed E-state index contributed by atoms with van der Waals surface area (Å²) in [6.45, 7) is 5.23. The first kappa shape index (κ1) is 10.5. The van der Waals surface area contributed by atoms with E-state index in [1.807, 2.05) is 13.8 Å². The van der Waals surface area contributed by atoms with Gasteiger partial charge < -0.3 is 5.32 Å². The number of carbonyl (C=O) groups excluding carboxylic acids is 1. The van der Waals surface area contributed by atoms with Gasteiger partial charge in [0.25, 0.3) is 0 Å². The number of nitrogens with zero attached hydrogens (tertiary/aromatic N) is 3. The summed E-state index contributed by atoms with van der Waals surface area (Å²) < 4.78 is 0. The molecule has 0 saturated heterocycles. The van der Waals surface area contributed by atoms with Gasteiger partial charge in [-0.1, -0.05) is 0 Å². The fourth-order valence-corrected chi connectivity index (χ4v) is 1.36. The number of rotatable bonds is 1. The quantitative estimate of drug-likeness (QED) is 0.786. The second kappa shape index (κ2) is 3.84. The normalized spacial score (nSPS) is 10.4. The zero-order valence-corrected chi connectivity index (χ0v) is 9.40. The maximum atomic E-state index is 10.9. The van der Waals surface area contributed by atoms with E-state index in [1.165, 1.54) is 6.92 Å². The molecule has 0 saturated carbocycles. The largest absolute Gasteiger partial charge is 0.311 e. The van der Waals surface area contributed by atoms with Crippen molar-refractivity contribution in [2.24, 2.45) is 0 Å². The minimum Gasteiger partial charge on any atom is -0.311 e. The number of anilines is 1. The first-order valence-electron chi connectivity index (χ1n) is 4.96. The highest BCUT2D eigenvalue weighted by atomic mass is 16.1. The van der Waals surface area contributed by atoms with Gasteiger partial charge in [-0.05, 0) is 26.0 Å². The van der Waals surface area contributed by atoms with Gasteiger partial charge in [-0.15, -0.1) is 0 Å². The molecule has 0 radical (unpaired) electrons. The molecule has 2 rings (SSSR count). The Kier molecular flexibility index (Phi) is 2.52. The molecule has 2 aromatic rings. The van der Waals surface area contributed by atoms with Crippen LogP contribution in [-0.4, -0.2) is 20.9 Å². The fraction of sp³-hybridized carbons (Fsp3) is 0.273. The van der Waals surface area contributed by atoms with Crippen LogP contribution in [-0.2, 0) is 4.79 Å². The van der Waals surface area contributed by atoms with Crippen LogP contribution in [0.4, 0.5) is 5.82 Å². The third kappa shape index (κ3) is 1.98. The molecule has 16 heavy (non-hydrogen) atoms. The van der Waals surface area contributed by atoms with Crippen LogP contribution >= 0.6 is 0 Å². The van der Waals surface area contributed by atoms with Gasteiger partial charge in [-0.25, -0.2) is 15.0 Å². The lowest BCUT2D eigenvalue weighted by atomic mass is 10.3. The summed E-state index contributed by atoms with van der Waals surface area (Å²) in [6, 6.07) is 3.51. The zero-order valence-electron chi connectivity index (χ0n) is 9.40. The molecule has 0 unspecified atom stereocenters. The third-order valence-electron chi connectivity index (χ3n) is 2.24. The number of fused-ring (bicyclic) bond motifs is 1. The molecule has 0 fully saturated rings. The molecule has 0 aliphatic heterocycles. The standard InChI is InChI=1S/C11H12N4O/c1-6-7(2)13-11-9(12-6)4-5-10(15-11)14-8(3)16/h4-5H,1-3H3,(H,13,14,15,16). The summed E-state index contributed by atoms with van der Waals surface area (Å²) in [4.78, 5) is 23.8. The van der Waals surface area contributed by atoms with E-state index in [0.717, 1.165) is 16.9 Å². The molecule has 0 aromatic carbocycles. The minimum atomic E-state index is -0.149. The van der Waals surface area contributed by atoms with Crippen LogP contribution in [0.15, 0.2) is 12.1 Å². The summed E-state index contributed by atoms with van der Waals surface area (Å²) in [6.07, 6.45) is 0. The number of pyridine rings is 1. The van der Waals surface area contributed by atoms with Gasteiger partial charge in [0, 0.05) is 6.92 Å². The van der Waals surface area contributed by atoms with Gasteiger partial charge in [0.15, 0.2) is 5.65 Å². The van der Waals surface area contributed by atoms with Crippen molar-refractivity contribution in [2.75, 3.05) is 5.32 Å². The van der Waals surface area contributed by atoms with Crippen LogP contribution < -0.4 is 5.32 Å². The van der Waals surface area contributed by atoms with Crippen LogP contribution in [0, 0.1) is 13.8 Å². The molecule has 0 atom stereocenters. The van der Waals surface area contributed by atoms with E-state index in [1.54, 1.807) is 12.1 Å². The average Bonchev–Trinajstić information content (AvgIpc) is 2.19. The number of amides is 1. The smallest absolute Gasteiger partial charge is 0.222 e. The Morgan fingerprint density at radius 3 is 2.50 bits per heavy atom. The van der Waals surface area contributed by atoms with Crippen LogP contribution in [0.2, 0.25) is 0 Å². The van der Waals surface area contributed by atoms with E-state index in [9.17, 15) is 4.79 Å². The van der Waals surface area contributed by atoms with Gasteiger partial charge in [0.1, 0.15) is 11.3 Å². The molecule has 0 bridgehead atoms. The lowest BCUT2D eigenvalue weighted by molar-refractivity contribution is -0.114. The highest BCUT2D eigenvalue weighted by molar-refractivity contribution is 5.88. The van der Waals surface area contributed by atoms with E-state index in [4.69, 9.17) is 0 Å². The number of aryl methyl sites for hydroxylation is 2. The van der Waals surface area contributed by atoms with Gasteiger partial charge in [0.2, 0.25) is 5.91 Å². The van der Waals surface area contributed by atoms with Crippen molar-refractivity contribution in [2.45, 2.75) is 20.8 Å². The Bertz CT molecular complexity index is 565. The number of nitrogens with one attached hydrogen (secondary N) is 1. The second-order valence-corrected chi connectivity index (χ2v) is 3.61. The Morgan fingerprint density at radius 1 is 1.12 bits per heavy atom. The molecule has 0 aliphatic rings. The maximum Gasteiger partial charge on any atom is 0.222 e. The van der Waals surface area contributed by atoms with E-state index < -0.39 is 0 Å². The van der Waals surface area contributed by atoms with E-state index in [0.29, 0.717) is 11.5 Å². The van der Waals surface area contributed by atoms with E-state index in [-0.39, 0.29) is 5.91 Å². The monoisotopic (exact) mass is 216 g/mol. The van der Waals surface area contributed by atoms with Crippen molar-refractivity contribution in [1.29, 1.82) is 0 Å². The van der Waals surface area contributed by atoms with Gasteiger partial charge in [-0.3, -0.25) is 4.79 Å². The molecule has 1 N–H and O–H groups in total. The average molecular weight is 216 g/mol. The molecule has 1 amide bonds. The highest BCUT2D eigenvalue weighted by Crippen LogP contribution is 2.13. The Balaban J connectivity index is 2.53. The lowest BCUT2D eigenvalue weighted by Crippen LogP contribution is -2.08. The summed E-state index contributed by atoms with van der Waals surface area (Å²) in [5.74, 6) is 0.348. The number of hydrogen-bond donors (Lipinski definition) is 1. The molecule has 5 nitrogen and oxygen atoms in total. The van der Waals surface area contributed by atoms with Crippen molar-refractivity contribution >= 4 is 22.9 Å². The first-order valence-corrected chi connectivity index (χ1v) is 4.96. The maximum absolute atomic E-state index is 10.9. The van der Waals surface area contributed by atoms with Crippen molar-refractivity contribution in [3.05, 3.63) is 23.5 Å². The SMILES string of the molecule is CC(=O)Nc1ccc2nc(C)c(C)nc2n1. The molecule has 5 heteroatoms. The Labute approximate surface area is 92.9 Å². The summed E-state index contributed by atoms with van der Waals surface area (Å²) in [7, 11) is 0. The number of hydrogen-bond acceptors (Lipinski definition) is 4. The van der Waals surface area contributed by atoms with Crippen LogP contribution in [0.3, 0.4) is 0 Å². The Hall–Kier alpha value is -2.04. The van der Waals surface area contributed by atoms with Crippen molar-refractivity contribution in [3.8, 4) is 0 Å². The van der Waals surface area contributed by atoms with E-state index in [2.05, 4.69) is 20.3 Å². The van der Waals surface area contributed by atoms with Gasteiger partial charge in [-0.2, -0.15) is 0 Å². The second-order valence-electron chi connectivity index (χ2n) is 3.61. The fourth-order valence-electron chi connectivity index (χ4n) is 1.36. The van der Waals surface area contributed by atoms with Crippen molar-refractivity contribution in [1.82, 2.24) is 15.0 Å². The van der Waals surface area contributed by atoms with Crippen LogP contribution in [0.25, 0.3) is 11.2 Å². The minimum absolute atomic E-state index is 0.149. The summed E-state index contributed by atoms with van der Waals surface area (Å²) in [5.41, 5.74) is 3.02. The summed E-state index contributed by atoms with van der Waals surface area (Å²) in [5, 5.41) is 2.61. The molecule has 2 heterocycles. The molecule has 2 aromatic heterocycles. The van der Waals surface area contributed by atoms with Crippen molar-refractivity contribution < 1.29 is 4.79 Å². The zero-order chi connectivity index (χ0) is 11.7. The predicted octanol–water partition coefficient (Wildman–Crippen LogP) is 1.60. The molecular formula is C11H12N4O. The first-order chi connectivity index (χ1) is 7.56. The number of carbonyl (C=O) groups is 1. The number of aromatic nitrogens is 3. The summed E-state index contributed by atoms with van der Waals surface area (Å²) >= 11 is 0. The highest BCUT2D eigenvalue weighted by Gasteiger charge is 2.04. The third-order valence-corrected chi connectivity index (χ3v) is 2.24. The van der Waals surface area contributed by atoms with Crippen LogP contribution in [0.1, 0.15) is 18.3 Å². The lowest BCUT2D eigenvalue weighted by Gasteiger charge is -2.04. The topological polar surface area (TPSA) is 67.8 Å². The van der Waals surface area contributed by atoms with Gasteiger partial charge >= 0.3 is 0 Å².